The van der Waals surface area contributed by atoms with Crippen LogP contribution in [-0.2, 0) is 15.6 Å². The fourth-order valence-electron chi connectivity index (χ4n) is 1.91. The molecule has 0 heterocycles. The molecule has 0 radical (unpaired) electrons. The Morgan fingerprint density at radius 3 is 2.00 bits per heavy atom. The van der Waals surface area contributed by atoms with Gasteiger partial charge in [-0.2, -0.15) is 0 Å². The number of benzene rings is 2. The van der Waals surface area contributed by atoms with Gasteiger partial charge in [-0.1, -0.05) is 34.1 Å². The van der Waals surface area contributed by atoms with Crippen molar-refractivity contribution in [1.82, 2.24) is 0 Å². The predicted molar refractivity (Wildman–Crippen MR) is 88.6 cm³/mol. The van der Waals surface area contributed by atoms with E-state index in [2.05, 4.69) is 31.9 Å². The number of hydrogen-bond acceptors (Lipinski definition) is 2. The number of rotatable bonds is 3. The standard InChI is InChI=1S/C15H14Br2O2S/c1-10-3-5-12(13(16)7-10)9-20(18,19)15-6-4-11(2)8-14(15)17/h3-8H,9H2,1-2H3. The van der Waals surface area contributed by atoms with E-state index in [4.69, 9.17) is 0 Å². The maximum absolute atomic E-state index is 12.5. The van der Waals surface area contributed by atoms with Crippen LogP contribution in [0.25, 0.3) is 0 Å². The molecule has 106 valence electrons. The van der Waals surface area contributed by atoms with Gasteiger partial charge in [0.2, 0.25) is 0 Å². The van der Waals surface area contributed by atoms with Crippen molar-refractivity contribution in [3.8, 4) is 0 Å². The maximum Gasteiger partial charge on any atom is 0.183 e. The third-order valence-corrected chi connectivity index (χ3v) is 6.35. The molecule has 0 aromatic heterocycles. The molecule has 2 nitrogen and oxygen atoms in total. The molecular formula is C15H14Br2O2S. The summed E-state index contributed by atoms with van der Waals surface area (Å²) in [6, 6.07) is 11.0. The van der Waals surface area contributed by atoms with Crippen LogP contribution in [0, 0.1) is 13.8 Å². The first-order valence-electron chi connectivity index (χ1n) is 6.03. The summed E-state index contributed by atoms with van der Waals surface area (Å²) in [4.78, 5) is 0.329. The second kappa shape index (κ2) is 6.00. The predicted octanol–water partition coefficient (Wildman–Crippen LogP) is 4.80. The molecule has 2 aromatic rings. The van der Waals surface area contributed by atoms with Crippen LogP contribution >= 0.6 is 31.9 Å². The van der Waals surface area contributed by atoms with Crippen LogP contribution in [0.3, 0.4) is 0 Å². The Kier molecular flexibility index (Phi) is 4.72. The lowest BCUT2D eigenvalue weighted by Crippen LogP contribution is -2.06. The average Bonchev–Trinajstić information content (AvgIpc) is 2.32. The molecule has 0 spiro atoms. The van der Waals surface area contributed by atoms with E-state index in [9.17, 15) is 8.42 Å². The van der Waals surface area contributed by atoms with E-state index in [-0.39, 0.29) is 5.75 Å². The van der Waals surface area contributed by atoms with E-state index in [1.807, 2.05) is 44.2 Å². The minimum atomic E-state index is -3.37. The molecule has 20 heavy (non-hydrogen) atoms. The van der Waals surface area contributed by atoms with Crippen molar-refractivity contribution in [2.75, 3.05) is 0 Å². The SMILES string of the molecule is Cc1ccc(CS(=O)(=O)c2ccc(C)cc2Br)c(Br)c1. The Bertz CT molecular complexity index is 752. The van der Waals surface area contributed by atoms with Crippen molar-refractivity contribution in [1.29, 1.82) is 0 Å². The zero-order valence-electron chi connectivity index (χ0n) is 11.2. The molecule has 2 aromatic carbocycles. The van der Waals surface area contributed by atoms with Gasteiger partial charge in [0.15, 0.2) is 9.84 Å². The lowest BCUT2D eigenvalue weighted by atomic mass is 10.2. The molecule has 2 rings (SSSR count). The van der Waals surface area contributed by atoms with Gasteiger partial charge in [0, 0.05) is 8.95 Å². The largest absolute Gasteiger partial charge is 0.223 e. The Morgan fingerprint density at radius 1 is 0.900 bits per heavy atom. The van der Waals surface area contributed by atoms with Crippen LogP contribution < -0.4 is 0 Å². The van der Waals surface area contributed by atoms with Crippen molar-refractivity contribution in [3.63, 3.8) is 0 Å². The molecule has 0 atom stereocenters. The Labute approximate surface area is 136 Å². The smallest absolute Gasteiger partial charge is 0.183 e. The lowest BCUT2D eigenvalue weighted by Gasteiger charge is -2.09. The first-order valence-corrected chi connectivity index (χ1v) is 9.27. The molecule has 0 bridgehead atoms. The number of hydrogen-bond donors (Lipinski definition) is 0. The highest BCUT2D eigenvalue weighted by molar-refractivity contribution is 9.10. The number of sulfone groups is 1. The summed E-state index contributed by atoms with van der Waals surface area (Å²) in [7, 11) is -3.37. The van der Waals surface area contributed by atoms with Crippen LogP contribution in [0.15, 0.2) is 50.2 Å². The minimum absolute atomic E-state index is 0.0183. The first-order chi connectivity index (χ1) is 9.29. The molecule has 0 aliphatic carbocycles. The number of halogens is 2. The molecular weight excluding hydrogens is 404 g/mol. The summed E-state index contributed by atoms with van der Waals surface area (Å²) in [5, 5.41) is 0. The fraction of sp³-hybridized carbons (Fsp3) is 0.200. The molecule has 0 N–H and O–H groups in total. The van der Waals surface area contributed by atoms with Crippen molar-refractivity contribution >= 4 is 41.7 Å². The quantitative estimate of drug-likeness (QED) is 0.718. The third kappa shape index (κ3) is 3.51. The van der Waals surface area contributed by atoms with E-state index in [0.717, 1.165) is 21.2 Å². The van der Waals surface area contributed by atoms with Gasteiger partial charge in [-0.3, -0.25) is 0 Å². The van der Waals surface area contributed by atoms with E-state index in [0.29, 0.717) is 9.37 Å². The molecule has 0 aliphatic rings. The zero-order chi connectivity index (χ0) is 14.9. The van der Waals surface area contributed by atoms with E-state index in [1.165, 1.54) is 0 Å². The molecule has 0 fully saturated rings. The molecule has 0 amide bonds. The monoisotopic (exact) mass is 416 g/mol. The van der Waals surface area contributed by atoms with Gasteiger partial charge in [-0.15, -0.1) is 0 Å². The normalized spacial score (nSPS) is 11.6. The summed E-state index contributed by atoms with van der Waals surface area (Å²) in [5.41, 5.74) is 2.88. The second-order valence-corrected chi connectivity index (χ2v) is 8.45. The zero-order valence-corrected chi connectivity index (χ0v) is 15.1. The summed E-state index contributed by atoms with van der Waals surface area (Å²) in [6.07, 6.45) is 0. The van der Waals surface area contributed by atoms with Crippen LogP contribution in [0.5, 0.6) is 0 Å². The fourth-order valence-corrected chi connectivity index (χ4v) is 5.41. The van der Waals surface area contributed by atoms with Gasteiger partial charge in [0.05, 0.1) is 10.6 Å². The second-order valence-electron chi connectivity index (χ2n) is 4.79. The van der Waals surface area contributed by atoms with Gasteiger partial charge in [0.1, 0.15) is 0 Å². The third-order valence-electron chi connectivity index (χ3n) is 2.98. The van der Waals surface area contributed by atoms with E-state index in [1.54, 1.807) is 6.07 Å². The van der Waals surface area contributed by atoms with E-state index >= 15 is 0 Å². The lowest BCUT2D eigenvalue weighted by molar-refractivity contribution is 0.594. The van der Waals surface area contributed by atoms with Gasteiger partial charge in [-0.25, -0.2) is 8.42 Å². The highest BCUT2D eigenvalue weighted by atomic mass is 79.9. The first kappa shape index (κ1) is 15.7. The summed E-state index contributed by atoms with van der Waals surface area (Å²) in [5.74, 6) is -0.0183. The topological polar surface area (TPSA) is 34.1 Å². The summed E-state index contributed by atoms with van der Waals surface area (Å²) in [6.45, 7) is 3.90. The van der Waals surface area contributed by atoms with Crippen molar-refractivity contribution in [2.45, 2.75) is 24.5 Å². The van der Waals surface area contributed by atoms with Crippen molar-refractivity contribution in [2.24, 2.45) is 0 Å². The summed E-state index contributed by atoms with van der Waals surface area (Å²) < 4.78 is 26.5. The summed E-state index contributed by atoms with van der Waals surface area (Å²) >= 11 is 6.76. The Morgan fingerprint density at radius 2 is 1.45 bits per heavy atom. The van der Waals surface area contributed by atoms with Crippen LogP contribution in [-0.4, -0.2) is 8.42 Å². The molecule has 0 aliphatic heterocycles. The van der Waals surface area contributed by atoms with Crippen molar-refractivity contribution < 1.29 is 8.42 Å². The van der Waals surface area contributed by atoms with Gasteiger partial charge in [0.25, 0.3) is 0 Å². The molecule has 0 saturated heterocycles. The molecule has 0 saturated carbocycles. The molecule has 0 unspecified atom stereocenters. The van der Waals surface area contributed by atoms with Gasteiger partial charge >= 0.3 is 0 Å². The molecule has 5 heteroatoms. The Balaban J connectivity index is 2.41. The highest BCUT2D eigenvalue weighted by Gasteiger charge is 2.19. The van der Waals surface area contributed by atoms with Gasteiger partial charge < -0.3 is 0 Å². The van der Waals surface area contributed by atoms with Crippen LogP contribution in [0.4, 0.5) is 0 Å². The highest BCUT2D eigenvalue weighted by Crippen LogP contribution is 2.28. The van der Waals surface area contributed by atoms with E-state index < -0.39 is 9.84 Å². The van der Waals surface area contributed by atoms with Crippen molar-refractivity contribution in [3.05, 3.63) is 62.0 Å². The minimum Gasteiger partial charge on any atom is -0.223 e. The average molecular weight is 418 g/mol. The van der Waals surface area contributed by atoms with Crippen LogP contribution in [0.1, 0.15) is 16.7 Å². The van der Waals surface area contributed by atoms with Gasteiger partial charge in [-0.05, 0) is 64.7 Å². The number of aryl methyl sites for hydroxylation is 2. The van der Waals surface area contributed by atoms with Crippen LogP contribution in [0.2, 0.25) is 0 Å². The Hall–Kier alpha value is -0.650. The maximum atomic E-state index is 12.5.